The molecule has 0 saturated heterocycles. The second-order valence-corrected chi connectivity index (χ2v) is 7.17. The van der Waals surface area contributed by atoms with Crippen molar-refractivity contribution in [2.45, 2.75) is 31.1 Å². The van der Waals surface area contributed by atoms with E-state index < -0.39 is 10.1 Å². The molecule has 4 heteroatoms. The van der Waals surface area contributed by atoms with E-state index in [1.165, 1.54) is 0 Å². The lowest BCUT2D eigenvalue weighted by molar-refractivity contribution is 0.485. The summed E-state index contributed by atoms with van der Waals surface area (Å²) in [6.07, 6.45) is 0. The smallest absolute Gasteiger partial charge is 0.339 e. The van der Waals surface area contributed by atoms with Crippen LogP contribution in [0.4, 0.5) is 0 Å². The summed E-state index contributed by atoms with van der Waals surface area (Å²) in [5.41, 5.74) is 0.841. The molecular weight excluding hydrogens is 272 g/mol. The van der Waals surface area contributed by atoms with Crippen LogP contribution < -0.4 is 4.18 Å². The molecule has 0 aliphatic rings. The zero-order valence-electron chi connectivity index (χ0n) is 11.8. The van der Waals surface area contributed by atoms with Gasteiger partial charge in [-0.25, -0.2) is 0 Å². The summed E-state index contributed by atoms with van der Waals surface area (Å²) >= 11 is 0. The molecule has 0 aliphatic carbocycles. The maximum Gasteiger partial charge on any atom is 0.339 e. The molecule has 0 saturated carbocycles. The molecule has 20 heavy (non-hydrogen) atoms. The number of rotatable bonds is 3. The molecule has 0 atom stereocenters. The van der Waals surface area contributed by atoms with Crippen LogP contribution >= 0.6 is 0 Å². The highest BCUT2D eigenvalue weighted by Crippen LogP contribution is 2.25. The van der Waals surface area contributed by atoms with Gasteiger partial charge in [0.2, 0.25) is 0 Å². The van der Waals surface area contributed by atoms with Gasteiger partial charge in [0.05, 0.1) is 0 Å². The van der Waals surface area contributed by atoms with Crippen molar-refractivity contribution in [3.8, 4) is 5.75 Å². The lowest BCUT2D eigenvalue weighted by Crippen LogP contribution is -2.14. The van der Waals surface area contributed by atoms with E-state index in [9.17, 15) is 8.42 Å². The molecule has 0 bridgehead atoms. The molecule has 0 fully saturated rings. The normalized spacial score (nSPS) is 12.2. The average molecular weight is 290 g/mol. The van der Waals surface area contributed by atoms with Gasteiger partial charge in [0.1, 0.15) is 10.6 Å². The minimum Gasteiger partial charge on any atom is -0.379 e. The van der Waals surface area contributed by atoms with Crippen LogP contribution in [0, 0.1) is 0 Å². The van der Waals surface area contributed by atoms with Crippen LogP contribution in [0.5, 0.6) is 5.75 Å². The van der Waals surface area contributed by atoms with Gasteiger partial charge in [0.15, 0.2) is 0 Å². The Balaban J connectivity index is 2.35. The Bertz CT molecular complexity index is 683. The van der Waals surface area contributed by atoms with E-state index in [2.05, 4.69) is 0 Å². The van der Waals surface area contributed by atoms with Crippen molar-refractivity contribution in [3.05, 3.63) is 60.2 Å². The Hall–Kier alpha value is -1.81. The Morgan fingerprint density at radius 3 is 2.15 bits per heavy atom. The number of hydrogen-bond acceptors (Lipinski definition) is 3. The predicted octanol–water partition coefficient (Wildman–Crippen LogP) is 3.75. The van der Waals surface area contributed by atoms with Crippen LogP contribution in [0.2, 0.25) is 0 Å². The molecule has 0 N–H and O–H groups in total. The van der Waals surface area contributed by atoms with Gasteiger partial charge in [0.25, 0.3) is 0 Å². The summed E-state index contributed by atoms with van der Waals surface area (Å²) in [6.45, 7) is 6.12. The van der Waals surface area contributed by atoms with E-state index >= 15 is 0 Å². The molecule has 0 amide bonds. The second-order valence-electron chi connectivity index (χ2n) is 5.63. The largest absolute Gasteiger partial charge is 0.379 e. The molecule has 0 aliphatic heterocycles. The number of benzene rings is 2. The van der Waals surface area contributed by atoms with Crippen molar-refractivity contribution in [2.24, 2.45) is 0 Å². The SMILES string of the molecule is CC(C)(C)c1cccc(S(=O)(=O)Oc2ccccc2)c1. The van der Waals surface area contributed by atoms with Crippen LogP contribution in [0.1, 0.15) is 26.3 Å². The first-order chi connectivity index (χ1) is 9.29. The Morgan fingerprint density at radius 2 is 1.55 bits per heavy atom. The first kappa shape index (κ1) is 14.6. The van der Waals surface area contributed by atoms with Crippen LogP contribution in [-0.4, -0.2) is 8.42 Å². The lowest BCUT2D eigenvalue weighted by Gasteiger charge is -2.19. The third-order valence-electron chi connectivity index (χ3n) is 2.94. The summed E-state index contributed by atoms with van der Waals surface area (Å²) in [7, 11) is -3.80. The summed E-state index contributed by atoms with van der Waals surface area (Å²) in [5.74, 6) is 0.314. The highest BCUT2D eigenvalue weighted by molar-refractivity contribution is 7.87. The summed E-state index contributed by atoms with van der Waals surface area (Å²) in [5, 5.41) is 0. The maximum atomic E-state index is 12.3. The third-order valence-corrected chi connectivity index (χ3v) is 4.18. The quantitative estimate of drug-likeness (QED) is 0.809. The third kappa shape index (κ3) is 3.39. The summed E-state index contributed by atoms with van der Waals surface area (Å²) in [6, 6.07) is 15.4. The van der Waals surface area contributed by atoms with Crippen molar-refractivity contribution < 1.29 is 12.6 Å². The molecule has 0 spiro atoms. The van der Waals surface area contributed by atoms with E-state index in [0.717, 1.165) is 5.56 Å². The molecule has 0 radical (unpaired) electrons. The monoisotopic (exact) mass is 290 g/mol. The fraction of sp³-hybridized carbons (Fsp3) is 0.250. The highest BCUT2D eigenvalue weighted by Gasteiger charge is 2.20. The van der Waals surface area contributed by atoms with Crippen LogP contribution in [0.15, 0.2) is 59.5 Å². The van der Waals surface area contributed by atoms with Gasteiger partial charge in [0, 0.05) is 0 Å². The molecule has 2 aromatic rings. The predicted molar refractivity (Wildman–Crippen MR) is 79.4 cm³/mol. The van der Waals surface area contributed by atoms with Crippen molar-refractivity contribution >= 4 is 10.1 Å². The van der Waals surface area contributed by atoms with Gasteiger partial charge in [-0.1, -0.05) is 51.1 Å². The first-order valence-electron chi connectivity index (χ1n) is 6.39. The first-order valence-corrected chi connectivity index (χ1v) is 7.80. The minimum atomic E-state index is -3.80. The average Bonchev–Trinajstić information content (AvgIpc) is 2.38. The van der Waals surface area contributed by atoms with Crippen molar-refractivity contribution in [1.82, 2.24) is 0 Å². The highest BCUT2D eigenvalue weighted by atomic mass is 32.2. The fourth-order valence-electron chi connectivity index (χ4n) is 1.77. The van der Waals surface area contributed by atoms with E-state index in [0.29, 0.717) is 5.75 Å². The van der Waals surface area contributed by atoms with Gasteiger partial charge in [-0.15, -0.1) is 0 Å². The lowest BCUT2D eigenvalue weighted by atomic mass is 9.87. The second kappa shape index (κ2) is 5.29. The van der Waals surface area contributed by atoms with E-state index in [4.69, 9.17) is 4.18 Å². The van der Waals surface area contributed by atoms with Crippen LogP contribution in [0.25, 0.3) is 0 Å². The molecule has 0 heterocycles. The molecule has 0 aromatic heterocycles. The van der Waals surface area contributed by atoms with Gasteiger partial charge in [-0.2, -0.15) is 8.42 Å². The Morgan fingerprint density at radius 1 is 0.900 bits per heavy atom. The maximum absolute atomic E-state index is 12.3. The van der Waals surface area contributed by atoms with Crippen LogP contribution in [-0.2, 0) is 15.5 Å². The van der Waals surface area contributed by atoms with Gasteiger partial charge >= 0.3 is 10.1 Å². The molecule has 3 nitrogen and oxygen atoms in total. The van der Waals surface area contributed by atoms with Crippen LogP contribution in [0.3, 0.4) is 0 Å². The van der Waals surface area contributed by atoms with Crippen molar-refractivity contribution in [3.63, 3.8) is 0 Å². The molecule has 106 valence electrons. The van der Waals surface area contributed by atoms with Crippen molar-refractivity contribution in [1.29, 1.82) is 0 Å². The fourth-order valence-corrected chi connectivity index (χ4v) is 2.75. The number of para-hydroxylation sites is 1. The zero-order valence-corrected chi connectivity index (χ0v) is 12.6. The zero-order chi connectivity index (χ0) is 14.8. The van der Waals surface area contributed by atoms with E-state index in [-0.39, 0.29) is 10.3 Å². The summed E-state index contributed by atoms with van der Waals surface area (Å²) < 4.78 is 29.6. The molecule has 0 unspecified atom stereocenters. The Labute approximate surface area is 120 Å². The minimum absolute atomic E-state index is 0.113. The Kier molecular flexibility index (Phi) is 3.86. The standard InChI is InChI=1S/C16H18O3S/c1-16(2,3)13-8-7-11-15(12-13)20(17,18)19-14-9-5-4-6-10-14/h4-12H,1-3H3. The topological polar surface area (TPSA) is 43.4 Å². The summed E-state index contributed by atoms with van der Waals surface area (Å²) in [4.78, 5) is 0.175. The van der Waals surface area contributed by atoms with E-state index in [1.807, 2.05) is 26.8 Å². The van der Waals surface area contributed by atoms with Crippen molar-refractivity contribution in [2.75, 3.05) is 0 Å². The van der Waals surface area contributed by atoms with Gasteiger partial charge in [-0.05, 0) is 35.2 Å². The molecular formula is C16H18O3S. The number of hydrogen-bond donors (Lipinski definition) is 0. The van der Waals surface area contributed by atoms with E-state index in [1.54, 1.807) is 48.5 Å². The van der Waals surface area contributed by atoms with Gasteiger partial charge < -0.3 is 4.18 Å². The molecule has 2 aromatic carbocycles. The van der Waals surface area contributed by atoms with Gasteiger partial charge in [-0.3, -0.25) is 0 Å². The molecule has 2 rings (SSSR count).